The van der Waals surface area contributed by atoms with Gasteiger partial charge in [-0.3, -0.25) is 0 Å². The summed E-state index contributed by atoms with van der Waals surface area (Å²) in [6, 6.07) is 77.6. The van der Waals surface area contributed by atoms with E-state index in [1.165, 1.54) is 0 Å². The maximum Gasteiger partial charge on any atom is 0.220 e. The number of thiophene rings is 2. The van der Waals surface area contributed by atoms with Crippen molar-refractivity contribution in [2.24, 2.45) is 0 Å². The Hall–Kier alpha value is -10.3. The highest BCUT2D eigenvalue weighted by molar-refractivity contribution is 7.28. The normalized spacial score (nSPS) is 12.6. The van der Waals surface area contributed by atoms with Crippen molar-refractivity contribution >= 4 is 112 Å². The average molecular weight is 1060 g/mol. The van der Waals surface area contributed by atoms with Crippen LogP contribution in [0.5, 0.6) is 0 Å². The molecule has 0 N–H and O–H groups in total. The summed E-state index contributed by atoms with van der Waals surface area (Å²) in [5.74, 6) is 0. The molecule has 6 heteroatoms. The van der Waals surface area contributed by atoms with Gasteiger partial charge in [0.2, 0.25) is 5.69 Å². The van der Waals surface area contributed by atoms with Crippen LogP contribution < -0.4 is 0 Å². The fourth-order valence-corrected chi connectivity index (χ4v) is 15.2. The first-order valence-electron chi connectivity index (χ1n) is 28.8. The molecule has 0 fully saturated rings. The van der Waals surface area contributed by atoms with Gasteiger partial charge in [0, 0.05) is 63.6 Å². The molecule has 0 aliphatic heterocycles. The van der Waals surface area contributed by atoms with Crippen LogP contribution >= 0.6 is 22.7 Å². The largest absolute Gasteiger partial charge is 0.318 e. The van der Waals surface area contributed by atoms with Gasteiger partial charge in [0.25, 0.3) is 0 Å². The zero-order valence-corrected chi connectivity index (χ0v) is 44.1. The molecule has 0 saturated carbocycles. The van der Waals surface area contributed by atoms with Gasteiger partial charge in [-0.2, -0.15) is 5.26 Å². The van der Waals surface area contributed by atoms with Crippen LogP contribution in [0, 0.1) is 17.9 Å². The molecular formula is C74H42N4S2. The Balaban J connectivity index is 1.17. The summed E-state index contributed by atoms with van der Waals surface area (Å²) < 4.78 is 53.2. The van der Waals surface area contributed by atoms with Crippen molar-refractivity contribution in [3.8, 4) is 73.1 Å². The minimum absolute atomic E-state index is 0.0692. The molecule has 4 nitrogen and oxygen atoms in total. The monoisotopic (exact) mass is 1060 g/mol. The molecule has 0 aliphatic carbocycles. The highest BCUT2D eigenvalue weighted by atomic mass is 32.1. The topological polar surface area (TPSA) is 38.0 Å². The molecule has 0 radical (unpaired) electrons. The number of rotatable bonds is 7. The Morgan fingerprint density at radius 3 is 1.40 bits per heavy atom. The van der Waals surface area contributed by atoms with E-state index < -0.39 is 18.1 Å². The van der Waals surface area contributed by atoms with Crippen LogP contribution in [0.25, 0.3) is 156 Å². The summed E-state index contributed by atoms with van der Waals surface area (Å²) in [4.78, 5) is 4.58. The van der Waals surface area contributed by atoms with Crippen molar-refractivity contribution < 1.29 is 6.85 Å². The number of nitrogens with zero attached hydrogens (tertiary/aromatic N) is 4. The van der Waals surface area contributed by atoms with E-state index in [-0.39, 0.29) is 23.3 Å². The molecule has 0 unspecified atom stereocenters. The maximum atomic E-state index is 12.5. The van der Waals surface area contributed by atoms with E-state index in [4.69, 9.17) is 4.11 Å². The molecule has 12 aromatic carbocycles. The third kappa shape index (κ3) is 6.71. The SMILES string of the molecule is [2H]c1c([2H])c([2H])c(-c2ccc3c4ccccc4n(-c4c([N+]#[C-])c(-c5ccccc5)c(C#N)c(-n5c6c(ccc7c8cccc(-c9ccccc9)c8sc76)c6ccc7c8cccc(-c9ccccc9)c8sc7c65)c4-c4ccccc4)c3c2)c([2H])c1[2H]. The first kappa shape index (κ1) is 40.9. The second-order valence-corrected chi connectivity index (χ2v) is 22.1. The van der Waals surface area contributed by atoms with Crippen LogP contribution in [0.1, 0.15) is 12.4 Å². The van der Waals surface area contributed by atoms with Gasteiger partial charge in [-0.15, -0.1) is 22.7 Å². The second-order valence-electron chi connectivity index (χ2n) is 20.0. The standard InChI is InChI=1S/C74H42N4S2/c1-76-66-64(48-27-13-5-14-28-48)61(44-75)67(65(49-29-15-6-16-30-49)70(66)77-62-36-18-17-31-53(62)54-38-37-50(43-63(54)77)45-21-7-2-8-22-45)78-68-55(39-41-59-57-34-19-32-51(71(57)79-73(59)68)46-23-9-3-10-24-46)56-40-42-60-58-35-20-33-52(47-25-11-4-12-26-47)72(58)80-74(60)69(56)78/h2-43H/i2D,7D,8D,21D,22D. The number of benzene rings is 12. The van der Waals surface area contributed by atoms with Gasteiger partial charge in [0.15, 0.2) is 0 Å². The molecule has 0 aliphatic rings. The molecule has 80 heavy (non-hydrogen) atoms. The highest BCUT2D eigenvalue weighted by Crippen LogP contribution is 2.55. The van der Waals surface area contributed by atoms with Crippen LogP contribution in [0.4, 0.5) is 5.69 Å². The van der Waals surface area contributed by atoms with Crippen LogP contribution in [-0.2, 0) is 0 Å². The minimum atomic E-state index is -0.471. The molecule has 0 spiro atoms. The molecule has 370 valence electrons. The second kappa shape index (κ2) is 18.1. The molecule has 4 aromatic heterocycles. The Kier molecular flexibility index (Phi) is 9.26. The van der Waals surface area contributed by atoms with Gasteiger partial charge in [0.1, 0.15) is 6.07 Å². The Bertz CT molecular complexity index is 5420. The summed E-state index contributed by atoms with van der Waals surface area (Å²) in [5, 5.41) is 20.6. The molecular weight excluding hydrogens is 1010 g/mol. The number of aromatic nitrogens is 2. The van der Waals surface area contributed by atoms with Gasteiger partial charge >= 0.3 is 0 Å². The summed E-state index contributed by atoms with van der Waals surface area (Å²) in [6.45, 7) is 9.54. The van der Waals surface area contributed by atoms with E-state index in [0.717, 1.165) is 106 Å². The van der Waals surface area contributed by atoms with Crippen LogP contribution in [0.3, 0.4) is 0 Å². The predicted octanol–water partition coefficient (Wildman–Crippen LogP) is 21.4. The molecule has 16 rings (SSSR count). The Morgan fingerprint density at radius 1 is 0.388 bits per heavy atom. The fourth-order valence-electron chi connectivity index (χ4n) is 12.5. The maximum absolute atomic E-state index is 12.5. The van der Waals surface area contributed by atoms with Crippen molar-refractivity contribution in [3.63, 3.8) is 0 Å². The van der Waals surface area contributed by atoms with E-state index in [0.29, 0.717) is 44.7 Å². The quantitative estimate of drug-likeness (QED) is 0.147. The number of para-hydroxylation sites is 1. The first-order valence-corrected chi connectivity index (χ1v) is 28.0. The van der Waals surface area contributed by atoms with E-state index in [9.17, 15) is 14.6 Å². The lowest BCUT2D eigenvalue weighted by atomic mass is 9.88. The van der Waals surface area contributed by atoms with Crippen molar-refractivity contribution in [2.45, 2.75) is 0 Å². The predicted molar refractivity (Wildman–Crippen MR) is 339 cm³/mol. The number of hydrogen-bond donors (Lipinski definition) is 0. The summed E-state index contributed by atoms with van der Waals surface area (Å²) in [6.07, 6.45) is 0. The van der Waals surface area contributed by atoms with E-state index in [1.807, 2.05) is 97.1 Å². The highest BCUT2D eigenvalue weighted by Gasteiger charge is 2.33. The molecule has 0 atom stereocenters. The summed E-state index contributed by atoms with van der Waals surface area (Å²) in [7, 11) is 0. The van der Waals surface area contributed by atoms with Gasteiger partial charge < -0.3 is 9.13 Å². The van der Waals surface area contributed by atoms with Crippen LogP contribution in [0.15, 0.2) is 255 Å². The van der Waals surface area contributed by atoms with Crippen molar-refractivity contribution in [1.82, 2.24) is 9.13 Å². The van der Waals surface area contributed by atoms with E-state index in [1.54, 1.807) is 22.7 Å². The lowest BCUT2D eigenvalue weighted by Crippen LogP contribution is -2.09. The smallest absolute Gasteiger partial charge is 0.220 e. The molecule has 0 bridgehead atoms. The zero-order chi connectivity index (χ0) is 57.4. The van der Waals surface area contributed by atoms with Gasteiger partial charge in [-0.1, -0.05) is 243 Å². The van der Waals surface area contributed by atoms with Crippen LogP contribution in [-0.4, -0.2) is 9.13 Å². The minimum Gasteiger partial charge on any atom is -0.318 e. The summed E-state index contributed by atoms with van der Waals surface area (Å²) >= 11 is 3.51. The average Bonchev–Trinajstić information content (AvgIpc) is 1.65. The van der Waals surface area contributed by atoms with Crippen molar-refractivity contribution in [2.75, 3.05) is 0 Å². The third-order valence-electron chi connectivity index (χ3n) is 15.9. The summed E-state index contributed by atoms with van der Waals surface area (Å²) in [5.41, 5.74) is 12.5. The zero-order valence-electron chi connectivity index (χ0n) is 47.5. The number of hydrogen-bond acceptors (Lipinski definition) is 3. The van der Waals surface area contributed by atoms with Gasteiger partial charge in [-0.25, -0.2) is 4.85 Å². The number of fused-ring (bicyclic) bond motifs is 14. The Morgan fingerprint density at radius 2 is 0.850 bits per heavy atom. The molecule has 0 saturated heterocycles. The lowest BCUT2D eigenvalue weighted by molar-refractivity contribution is 1.14. The third-order valence-corrected chi connectivity index (χ3v) is 18.4. The van der Waals surface area contributed by atoms with E-state index in [2.05, 4.69) is 147 Å². The fraction of sp³-hybridized carbons (Fsp3) is 0. The van der Waals surface area contributed by atoms with Gasteiger partial charge in [0.05, 0.1) is 61.8 Å². The van der Waals surface area contributed by atoms with Crippen LogP contribution in [0.2, 0.25) is 0 Å². The molecule has 0 amide bonds. The van der Waals surface area contributed by atoms with Crippen molar-refractivity contribution in [1.29, 1.82) is 5.26 Å². The van der Waals surface area contributed by atoms with Gasteiger partial charge in [-0.05, 0) is 56.6 Å². The van der Waals surface area contributed by atoms with E-state index >= 15 is 0 Å². The lowest BCUT2D eigenvalue weighted by Gasteiger charge is -2.26. The number of nitriles is 1. The molecule has 16 aromatic rings. The molecule has 4 heterocycles. The van der Waals surface area contributed by atoms with Crippen molar-refractivity contribution in [3.05, 3.63) is 272 Å². The Labute approximate surface area is 475 Å². The first-order chi connectivity index (χ1) is 41.7.